The van der Waals surface area contributed by atoms with E-state index < -0.39 is 0 Å². The molecular formula is C17H15N5S. The third-order valence-corrected chi connectivity index (χ3v) is 4.39. The largest absolute Gasteiger partial charge is 0.362 e. The zero-order valence-corrected chi connectivity index (χ0v) is 13.4. The Hall–Kier alpha value is -2.73. The zero-order valence-electron chi connectivity index (χ0n) is 12.5. The summed E-state index contributed by atoms with van der Waals surface area (Å²) < 4.78 is 1.78. The minimum absolute atomic E-state index is 0.169. The van der Waals surface area contributed by atoms with Gasteiger partial charge in [-0.2, -0.15) is 15.9 Å². The van der Waals surface area contributed by atoms with Crippen molar-refractivity contribution in [1.29, 1.82) is 0 Å². The lowest BCUT2D eigenvalue weighted by molar-refractivity contribution is 0.847. The highest BCUT2D eigenvalue weighted by Crippen LogP contribution is 2.22. The summed E-state index contributed by atoms with van der Waals surface area (Å²) in [6, 6.07) is 16.4. The van der Waals surface area contributed by atoms with Gasteiger partial charge in [0.05, 0.1) is 0 Å². The number of hydrogen-bond donors (Lipinski definition) is 1. The van der Waals surface area contributed by atoms with Gasteiger partial charge in [0.1, 0.15) is 5.82 Å². The van der Waals surface area contributed by atoms with E-state index in [9.17, 15) is 0 Å². The van der Waals surface area contributed by atoms with Crippen LogP contribution in [0.25, 0.3) is 17.0 Å². The summed E-state index contributed by atoms with van der Waals surface area (Å²) in [6.45, 7) is 2.12. The standard InChI is InChI=1S/C17H15N5S/c1-12(13-5-3-2-4-6-13)18-15-7-8-16-19-20-17(22(16)21-15)14-9-10-23-11-14/h2-12H,1H3,(H,18,21). The van der Waals surface area contributed by atoms with Crippen molar-refractivity contribution in [1.82, 2.24) is 19.8 Å². The van der Waals surface area contributed by atoms with Crippen LogP contribution in [0.4, 0.5) is 5.82 Å². The smallest absolute Gasteiger partial charge is 0.186 e. The van der Waals surface area contributed by atoms with Crippen LogP contribution in [0.5, 0.6) is 0 Å². The van der Waals surface area contributed by atoms with Crippen LogP contribution in [-0.2, 0) is 0 Å². The van der Waals surface area contributed by atoms with Crippen molar-refractivity contribution in [3.8, 4) is 11.4 Å². The van der Waals surface area contributed by atoms with Crippen molar-refractivity contribution in [2.24, 2.45) is 0 Å². The Balaban J connectivity index is 1.67. The van der Waals surface area contributed by atoms with Crippen LogP contribution in [0, 0.1) is 0 Å². The molecule has 1 N–H and O–H groups in total. The Kier molecular flexibility index (Phi) is 3.51. The molecule has 0 saturated heterocycles. The first kappa shape index (κ1) is 13.9. The van der Waals surface area contributed by atoms with Crippen molar-refractivity contribution < 1.29 is 0 Å². The fourth-order valence-corrected chi connectivity index (χ4v) is 3.12. The van der Waals surface area contributed by atoms with E-state index >= 15 is 0 Å². The summed E-state index contributed by atoms with van der Waals surface area (Å²) in [5.74, 6) is 1.56. The molecule has 114 valence electrons. The van der Waals surface area contributed by atoms with E-state index in [1.807, 2.05) is 47.2 Å². The average molecular weight is 321 g/mol. The van der Waals surface area contributed by atoms with E-state index in [1.54, 1.807) is 15.9 Å². The summed E-state index contributed by atoms with van der Waals surface area (Å²) in [6.07, 6.45) is 0. The third-order valence-electron chi connectivity index (χ3n) is 3.71. The summed E-state index contributed by atoms with van der Waals surface area (Å²) >= 11 is 1.63. The maximum Gasteiger partial charge on any atom is 0.186 e. The second-order valence-corrected chi connectivity index (χ2v) is 6.08. The van der Waals surface area contributed by atoms with Crippen molar-refractivity contribution >= 4 is 22.8 Å². The summed E-state index contributed by atoms with van der Waals surface area (Å²) in [5.41, 5.74) is 2.99. The predicted octanol–water partition coefficient (Wildman–Crippen LogP) is 4.03. The molecular weight excluding hydrogens is 306 g/mol. The Labute approximate surface area is 137 Å². The quantitative estimate of drug-likeness (QED) is 0.616. The lowest BCUT2D eigenvalue weighted by Gasteiger charge is -2.14. The number of rotatable bonds is 4. The molecule has 0 bridgehead atoms. The van der Waals surface area contributed by atoms with Gasteiger partial charge < -0.3 is 5.32 Å². The van der Waals surface area contributed by atoms with E-state index in [0.717, 1.165) is 22.9 Å². The number of fused-ring (bicyclic) bond motifs is 1. The van der Waals surface area contributed by atoms with Crippen LogP contribution in [0.1, 0.15) is 18.5 Å². The van der Waals surface area contributed by atoms with Crippen LogP contribution >= 0.6 is 11.3 Å². The number of nitrogens with one attached hydrogen (secondary N) is 1. The van der Waals surface area contributed by atoms with Gasteiger partial charge >= 0.3 is 0 Å². The minimum atomic E-state index is 0.169. The van der Waals surface area contributed by atoms with Crippen molar-refractivity contribution in [2.75, 3.05) is 5.32 Å². The van der Waals surface area contributed by atoms with Crippen molar-refractivity contribution in [3.63, 3.8) is 0 Å². The summed E-state index contributed by atoms with van der Waals surface area (Å²) in [5, 5.41) is 20.6. The molecule has 0 amide bonds. The van der Waals surface area contributed by atoms with Gasteiger partial charge in [0.25, 0.3) is 0 Å². The van der Waals surface area contributed by atoms with Crippen molar-refractivity contribution in [3.05, 3.63) is 64.9 Å². The van der Waals surface area contributed by atoms with Crippen LogP contribution in [0.3, 0.4) is 0 Å². The van der Waals surface area contributed by atoms with E-state index in [2.05, 4.69) is 39.7 Å². The van der Waals surface area contributed by atoms with Gasteiger partial charge in [0.2, 0.25) is 0 Å². The SMILES string of the molecule is CC(Nc1ccc2nnc(-c3ccsc3)n2n1)c1ccccc1. The molecule has 0 radical (unpaired) electrons. The molecule has 5 nitrogen and oxygen atoms in total. The highest BCUT2D eigenvalue weighted by molar-refractivity contribution is 7.08. The molecule has 0 fully saturated rings. The number of nitrogens with zero attached hydrogens (tertiary/aromatic N) is 4. The van der Waals surface area contributed by atoms with Crippen molar-refractivity contribution in [2.45, 2.75) is 13.0 Å². The first-order valence-electron chi connectivity index (χ1n) is 7.38. The van der Waals surface area contributed by atoms with Gasteiger partial charge in [0, 0.05) is 17.0 Å². The molecule has 0 saturated carbocycles. The number of hydrogen-bond acceptors (Lipinski definition) is 5. The van der Waals surface area contributed by atoms with Gasteiger partial charge in [-0.25, -0.2) is 0 Å². The van der Waals surface area contributed by atoms with Crippen LogP contribution in [0.15, 0.2) is 59.3 Å². The van der Waals surface area contributed by atoms with Gasteiger partial charge in [-0.1, -0.05) is 30.3 Å². The van der Waals surface area contributed by atoms with Gasteiger partial charge in [0.15, 0.2) is 11.5 Å². The van der Waals surface area contributed by atoms with E-state index in [-0.39, 0.29) is 6.04 Å². The lowest BCUT2D eigenvalue weighted by atomic mass is 10.1. The molecule has 6 heteroatoms. The summed E-state index contributed by atoms with van der Waals surface area (Å²) in [4.78, 5) is 0. The maximum atomic E-state index is 4.64. The van der Waals surface area contributed by atoms with E-state index in [4.69, 9.17) is 0 Å². The van der Waals surface area contributed by atoms with Crippen LogP contribution < -0.4 is 5.32 Å². The zero-order chi connectivity index (χ0) is 15.6. The molecule has 1 aromatic carbocycles. The van der Waals surface area contributed by atoms with Crippen LogP contribution in [-0.4, -0.2) is 19.8 Å². The predicted molar refractivity (Wildman–Crippen MR) is 92.6 cm³/mol. The Bertz CT molecular complexity index is 915. The second kappa shape index (κ2) is 5.81. The molecule has 3 heterocycles. The molecule has 1 unspecified atom stereocenters. The molecule has 0 spiro atoms. The molecule has 23 heavy (non-hydrogen) atoms. The first-order chi connectivity index (χ1) is 11.3. The van der Waals surface area contributed by atoms with E-state index in [1.165, 1.54) is 5.56 Å². The second-order valence-electron chi connectivity index (χ2n) is 5.30. The molecule has 4 rings (SSSR count). The Morgan fingerprint density at radius 3 is 2.70 bits per heavy atom. The lowest BCUT2D eigenvalue weighted by Crippen LogP contribution is -2.09. The molecule has 0 aliphatic heterocycles. The van der Waals surface area contributed by atoms with Gasteiger partial charge in [-0.15, -0.1) is 15.3 Å². The maximum absolute atomic E-state index is 4.64. The highest BCUT2D eigenvalue weighted by Gasteiger charge is 2.11. The van der Waals surface area contributed by atoms with Crippen LogP contribution in [0.2, 0.25) is 0 Å². The molecule has 0 aliphatic carbocycles. The number of anilines is 1. The highest BCUT2D eigenvalue weighted by atomic mass is 32.1. The Morgan fingerprint density at radius 1 is 1.04 bits per heavy atom. The normalized spacial score (nSPS) is 12.4. The van der Waals surface area contributed by atoms with Gasteiger partial charge in [-0.05, 0) is 36.1 Å². The van der Waals surface area contributed by atoms with Gasteiger partial charge in [-0.3, -0.25) is 0 Å². The number of aromatic nitrogens is 4. The molecule has 0 aliphatic rings. The number of benzene rings is 1. The average Bonchev–Trinajstić information content (AvgIpc) is 3.24. The van der Waals surface area contributed by atoms with E-state index in [0.29, 0.717) is 0 Å². The molecule has 4 aromatic rings. The third kappa shape index (κ3) is 2.68. The monoisotopic (exact) mass is 321 g/mol. The molecule has 3 aromatic heterocycles. The minimum Gasteiger partial charge on any atom is -0.362 e. The topological polar surface area (TPSA) is 55.1 Å². The Morgan fingerprint density at radius 2 is 1.91 bits per heavy atom. The fraction of sp³-hybridized carbons (Fsp3) is 0.118. The molecule has 1 atom stereocenters. The number of thiophene rings is 1. The fourth-order valence-electron chi connectivity index (χ4n) is 2.48. The first-order valence-corrected chi connectivity index (χ1v) is 8.32. The summed E-state index contributed by atoms with van der Waals surface area (Å²) in [7, 11) is 0.